The zero-order chi connectivity index (χ0) is 20.7. The second-order valence-corrected chi connectivity index (χ2v) is 7.42. The average Bonchev–Trinajstić information content (AvgIpc) is 3.21. The Balaban J connectivity index is 1.56. The summed E-state index contributed by atoms with van der Waals surface area (Å²) in [6, 6.07) is 20.0. The first kappa shape index (κ1) is 18.1. The lowest BCUT2D eigenvalue weighted by molar-refractivity contribution is -0.138. The summed E-state index contributed by atoms with van der Waals surface area (Å²) in [7, 11) is 0. The van der Waals surface area contributed by atoms with E-state index in [9.17, 15) is 9.90 Å². The van der Waals surface area contributed by atoms with E-state index >= 15 is 0 Å². The lowest BCUT2D eigenvalue weighted by atomic mass is 9.97. The normalized spacial score (nSPS) is 12.3. The molecule has 0 amide bonds. The van der Waals surface area contributed by atoms with Crippen LogP contribution in [-0.2, 0) is 4.79 Å². The molecule has 3 aromatic heterocycles. The zero-order valence-electron chi connectivity index (χ0n) is 16.3. The van der Waals surface area contributed by atoms with Gasteiger partial charge in [0.2, 0.25) is 0 Å². The molecule has 5 nitrogen and oxygen atoms in total. The van der Waals surface area contributed by atoms with Gasteiger partial charge in [-0.1, -0.05) is 42.5 Å². The molecule has 0 aliphatic heterocycles. The fraction of sp³-hybridized carbons (Fsp3) is 0.0800. The Bertz CT molecular complexity index is 1390. The van der Waals surface area contributed by atoms with Gasteiger partial charge in [-0.15, -0.1) is 0 Å². The predicted octanol–water partition coefficient (Wildman–Crippen LogP) is 5.63. The van der Waals surface area contributed by atoms with Crippen molar-refractivity contribution in [3.63, 3.8) is 0 Å². The number of nitrogens with zero attached hydrogens (tertiary/aromatic N) is 2. The van der Waals surface area contributed by atoms with Crippen LogP contribution in [0.5, 0.6) is 0 Å². The summed E-state index contributed by atoms with van der Waals surface area (Å²) in [4.78, 5) is 23.6. The summed E-state index contributed by atoms with van der Waals surface area (Å²) in [6.45, 7) is 1.69. The lowest BCUT2D eigenvalue weighted by Gasteiger charge is -2.08. The van der Waals surface area contributed by atoms with Crippen LogP contribution in [0.15, 0.2) is 79.3 Å². The van der Waals surface area contributed by atoms with Gasteiger partial charge in [-0.05, 0) is 36.2 Å². The molecule has 5 aromatic rings. The fourth-order valence-corrected chi connectivity index (χ4v) is 3.72. The first-order chi connectivity index (χ1) is 14.6. The second-order valence-electron chi connectivity index (χ2n) is 7.42. The molecular weight excluding hydrogens is 374 g/mol. The number of aliphatic carboxylic acids is 1. The molecular formula is C25H19N3O2. The Hall–Kier alpha value is -3.99. The zero-order valence-corrected chi connectivity index (χ0v) is 16.3. The van der Waals surface area contributed by atoms with Gasteiger partial charge in [-0.25, -0.2) is 4.98 Å². The van der Waals surface area contributed by atoms with E-state index in [4.69, 9.17) is 0 Å². The van der Waals surface area contributed by atoms with Crippen LogP contribution >= 0.6 is 0 Å². The Morgan fingerprint density at radius 1 is 0.933 bits per heavy atom. The molecule has 30 heavy (non-hydrogen) atoms. The lowest BCUT2D eigenvalue weighted by Crippen LogP contribution is -2.06. The van der Waals surface area contributed by atoms with E-state index in [1.165, 1.54) is 0 Å². The van der Waals surface area contributed by atoms with Gasteiger partial charge < -0.3 is 10.1 Å². The number of benzene rings is 2. The molecule has 0 aliphatic rings. The minimum Gasteiger partial charge on any atom is -0.481 e. The molecule has 0 spiro atoms. The van der Waals surface area contributed by atoms with Crippen molar-refractivity contribution in [1.82, 2.24) is 15.0 Å². The maximum absolute atomic E-state index is 11.2. The molecule has 2 N–H and O–H groups in total. The molecule has 146 valence electrons. The number of pyridine rings is 2. The SMILES string of the molecule is CC(C(=O)O)c1ccc(-c2c[nH]c3ncc(-c4cnc5ccccc5c4)cc23)cc1. The summed E-state index contributed by atoms with van der Waals surface area (Å²) in [5.74, 6) is -1.36. The van der Waals surface area contributed by atoms with Crippen LogP contribution in [0, 0.1) is 0 Å². The predicted molar refractivity (Wildman–Crippen MR) is 118 cm³/mol. The van der Waals surface area contributed by atoms with Crippen molar-refractivity contribution in [3.8, 4) is 22.3 Å². The summed E-state index contributed by atoms with van der Waals surface area (Å²) < 4.78 is 0. The molecule has 0 saturated carbocycles. The van der Waals surface area contributed by atoms with Gasteiger partial charge >= 0.3 is 5.97 Å². The smallest absolute Gasteiger partial charge is 0.310 e. The van der Waals surface area contributed by atoms with Gasteiger partial charge in [0.1, 0.15) is 5.65 Å². The summed E-state index contributed by atoms with van der Waals surface area (Å²) in [5.41, 5.74) is 6.62. The molecule has 0 bridgehead atoms. The molecule has 3 heterocycles. The molecule has 5 heteroatoms. The number of carboxylic acids is 1. The topological polar surface area (TPSA) is 78.9 Å². The van der Waals surface area contributed by atoms with E-state index in [1.54, 1.807) is 6.92 Å². The molecule has 2 aromatic carbocycles. The number of H-pyrrole nitrogens is 1. The quantitative estimate of drug-likeness (QED) is 0.414. The summed E-state index contributed by atoms with van der Waals surface area (Å²) in [6.07, 6.45) is 5.67. The van der Waals surface area contributed by atoms with Crippen LogP contribution in [-0.4, -0.2) is 26.0 Å². The van der Waals surface area contributed by atoms with Gasteiger partial charge in [0.05, 0.1) is 11.4 Å². The Morgan fingerprint density at radius 2 is 1.67 bits per heavy atom. The fourth-order valence-electron chi connectivity index (χ4n) is 3.72. The first-order valence-corrected chi connectivity index (χ1v) is 9.75. The highest BCUT2D eigenvalue weighted by atomic mass is 16.4. The number of aromatic amines is 1. The second kappa shape index (κ2) is 7.12. The highest BCUT2D eigenvalue weighted by Crippen LogP contribution is 2.32. The third-order valence-electron chi connectivity index (χ3n) is 5.55. The van der Waals surface area contributed by atoms with E-state index in [0.717, 1.165) is 49.8 Å². The maximum Gasteiger partial charge on any atom is 0.310 e. The third kappa shape index (κ3) is 3.10. The van der Waals surface area contributed by atoms with Crippen molar-refractivity contribution in [2.75, 3.05) is 0 Å². The number of aromatic nitrogens is 3. The van der Waals surface area contributed by atoms with Crippen molar-refractivity contribution in [2.24, 2.45) is 0 Å². The molecule has 0 aliphatic carbocycles. The van der Waals surface area contributed by atoms with Crippen molar-refractivity contribution in [1.29, 1.82) is 0 Å². The number of para-hydroxylation sites is 1. The maximum atomic E-state index is 11.2. The van der Waals surface area contributed by atoms with E-state index < -0.39 is 11.9 Å². The number of carbonyl (C=O) groups is 1. The standard InChI is InChI=1S/C25H19N3O2/c1-15(25(29)30)16-6-8-17(9-7-16)22-14-28-24-21(22)11-20(13-27-24)19-10-18-4-2-3-5-23(18)26-12-19/h2-15H,1H3,(H,27,28)(H,29,30). The minimum atomic E-state index is -0.826. The Labute approximate surface area is 173 Å². The number of hydrogen-bond acceptors (Lipinski definition) is 3. The van der Waals surface area contributed by atoms with E-state index in [2.05, 4.69) is 33.2 Å². The summed E-state index contributed by atoms with van der Waals surface area (Å²) in [5, 5.41) is 11.3. The van der Waals surface area contributed by atoms with Gasteiger partial charge in [-0.3, -0.25) is 9.78 Å². The van der Waals surface area contributed by atoms with Crippen LogP contribution in [0.4, 0.5) is 0 Å². The molecule has 5 rings (SSSR count). The van der Waals surface area contributed by atoms with E-state index in [1.807, 2.05) is 61.1 Å². The third-order valence-corrected chi connectivity index (χ3v) is 5.55. The van der Waals surface area contributed by atoms with Gasteiger partial charge in [-0.2, -0.15) is 0 Å². The molecule has 0 fully saturated rings. The van der Waals surface area contributed by atoms with Crippen molar-refractivity contribution in [3.05, 3.63) is 84.8 Å². The number of nitrogens with one attached hydrogen (secondary N) is 1. The van der Waals surface area contributed by atoms with Crippen molar-refractivity contribution in [2.45, 2.75) is 12.8 Å². The molecule has 1 unspecified atom stereocenters. The average molecular weight is 393 g/mol. The van der Waals surface area contributed by atoms with Crippen molar-refractivity contribution >= 4 is 27.9 Å². The minimum absolute atomic E-state index is 0.532. The Morgan fingerprint density at radius 3 is 2.47 bits per heavy atom. The first-order valence-electron chi connectivity index (χ1n) is 9.75. The van der Waals surface area contributed by atoms with Gasteiger partial charge in [0.25, 0.3) is 0 Å². The monoisotopic (exact) mass is 393 g/mol. The van der Waals surface area contributed by atoms with E-state index in [0.29, 0.717) is 0 Å². The van der Waals surface area contributed by atoms with Crippen LogP contribution in [0.25, 0.3) is 44.2 Å². The number of hydrogen-bond donors (Lipinski definition) is 2. The Kier molecular flexibility index (Phi) is 4.29. The number of carboxylic acid groups (broad SMARTS) is 1. The van der Waals surface area contributed by atoms with Crippen LogP contribution in [0.1, 0.15) is 18.4 Å². The van der Waals surface area contributed by atoms with Crippen LogP contribution in [0.2, 0.25) is 0 Å². The van der Waals surface area contributed by atoms with E-state index in [-0.39, 0.29) is 0 Å². The van der Waals surface area contributed by atoms with Crippen molar-refractivity contribution < 1.29 is 9.90 Å². The van der Waals surface area contributed by atoms with Crippen LogP contribution < -0.4 is 0 Å². The van der Waals surface area contributed by atoms with Crippen LogP contribution in [0.3, 0.4) is 0 Å². The van der Waals surface area contributed by atoms with Gasteiger partial charge in [0, 0.05) is 46.1 Å². The molecule has 0 radical (unpaired) electrons. The molecule has 0 saturated heterocycles. The summed E-state index contributed by atoms with van der Waals surface area (Å²) >= 11 is 0. The van der Waals surface area contributed by atoms with Gasteiger partial charge in [0.15, 0.2) is 0 Å². The highest BCUT2D eigenvalue weighted by Gasteiger charge is 2.14. The largest absolute Gasteiger partial charge is 0.481 e. The molecule has 1 atom stereocenters. The number of rotatable bonds is 4. The number of fused-ring (bicyclic) bond motifs is 2. The highest BCUT2D eigenvalue weighted by molar-refractivity contribution is 5.96.